The van der Waals surface area contributed by atoms with Crippen molar-refractivity contribution in [2.75, 3.05) is 20.2 Å². The molecule has 122 valence electrons. The molecular formula is C19H19N3O2. The molecule has 1 aliphatic rings. The summed E-state index contributed by atoms with van der Waals surface area (Å²) in [5.41, 5.74) is 2.07. The predicted molar refractivity (Wildman–Crippen MR) is 89.8 cm³/mol. The number of carbonyl (C=O) groups excluding carboxylic acids is 1. The minimum atomic E-state index is -0.0227. The highest BCUT2D eigenvalue weighted by Crippen LogP contribution is 2.34. The van der Waals surface area contributed by atoms with Crippen LogP contribution in [0.3, 0.4) is 0 Å². The number of amides is 1. The lowest BCUT2D eigenvalue weighted by Crippen LogP contribution is -2.38. The van der Waals surface area contributed by atoms with Gasteiger partial charge in [0.25, 0.3) is 5.91 Å². The topological polar surface area (TPSA) is 66.2 Å². The maximum atomic E-state index is 12.5. The van der Waals surface area contributed by atoms with Crippen LogP contribution in [0.2, 0.25) is 0 Å². The average Bonchev–Trinajstić information content (AvgIpc) is 2.67. The van der Waals surface area contributed by atoms with Crippen LogP contribution in [0.4, 0.5) is 0 Å². The molecule has 1 fully saturated rings. The third-order valence-electron chi connectivity index (χ3n) is 4.49. The molecule has 3 rings (SSSR count). The molecule has 5 heteroatoms. The summed E-state index contributed by atoms with van der Waals surface area (Å²) in [6.45, 7) is 1.42. The minimum absolute atomic E-state index is 0.0227. The van der Waals surface area contributed by atoms with Crippen molar-refractivity contribution < 1.29 is 9.53 Å². The van der Waals surface area contributed by atoms with Crippen LogP contribution in [0.25, 0.3) is 0 Å². The fourth-order valence-corrected chi connectivity index (χ4v) is 3.17. The van der Waals surface area contributed by atoms with Crippen molar-refractivity contribution in [2.24, 2.45) is 0 Å². The SMILES string of the molecule is COc1ccccc1C1CCN(C(=O)c2ccc(C#N)nc2)CC1. The molecule has 1 aromatic heterocycles. The van der Waals surface area contributed by atoms with E-state index >= 15 is 0 Å². The number of para-hydroxylation sites is 1. The molecule has 24 heavy (non-hydrogen) atoms. The Kier molecular flexibility index (Phi) is 4.76. The summed E-state index contributed by atoms with van der Waals surface area (Å²) in [5.74, 6) is 1.30. The Bertz CT molecular complexity index is 757. The van der Waals surface area contributed by atoms with Crippen molar-refractivity contribution in [2.45, 2.75) is 18.8 Å². The Labute approximate surface area is 141 Å². The van der Waals surface area contributed by atoms with E-state index in [1.54, 1.807) is 19.2 Å². The first kappa shape index (κ1) is 16.0. The van der Waals surface area contributed by atoms with Crippen LogP contribution in [0.1, 0.15) is 40.4 Å². The smallest absolute Gasteiger partial charge is 0.255 e. The van der Waals surface area contributed by atoms with Gasteiger partial charge in [0, 0.05) is 19.3 Å². The van der Waals surface area contributed by atoms with E-state index < -0.39 is 0 Å². The summed E-state index contributed by atoms with van der Waals surface area (Å²) in [7, 11) is 1.69. The lowest BCUT2D eigenvalue weighted by atomic mass is 9.88. The number of likely N-dealkylation sites (tertiary alicyclic amines) is 1. The van der Waals surface area contributed by atoms with E-state index in [-0.39, 0.29) is 5.91 Å². The Morgan fingerprint density at radius 1 is 1.25 bits per heavy atom. The normalized spacial score (nSPS) is 14.9. The van der Waals surface area contributed by atoms with Crippen molar-refractivity contribution in [3.8, 4) is 11.8 Å². The predicted octanol–water partition coefficient (Wildman–Crippen LogP) is 2.98. The first-order chi connectivity index (χ1) is 11.7. The number of nitriles is 1. The van der Waals surface area contributed by atoms with Gasteiger partial charge in [-0.15, -0.1) is 0 Å². The van der Waals surface area contributed by atoms with Crippen LogP contribution < -0.4 is 4.74 Å². The van der Waals surface area contributed by atoms with E-state index in [9.17, 15) is 4.79 Å². The molecule has 0 atom stereocenters. The minimum Gasteiger partial charge on any atom is -0.496 e. The molecule has 5 nitrogen and oxygen atoms in total. The number of carbonyl (C=O) groups is 1. The number of methoxy groups -OCH3 is 1. The van der Waals surface area contributed by atoms with Crippen LogP contribution in [0, 0.1) is 11.3 Å². The Morgan fingerprint density at radius 2 is 2.00 bits per heavy atom. The zero-order valence-corrected chi connectivity index (χ0v) is 13.6. The number of nitrogens with zero attached hydrogens (tertiary/aromatic N) is 3. The molecule has 0 unspecified atom stereocenters. The molecular weight excluding hydrogens is 302 g/mol. The van der Waals surface area contributed by atoms with Gasteiger partial charge in [-0.25, -0.2) is 4.98 Å². The van der Waals surface area contributed by atoms with Crippen LogP contribution in [0.15, 0.2) is 42.6 Å². The monoisotopic (exact) mass is 321 g/mol. The molecule has 0 aliphatic carbocycles. The number of aromatic nitrogens is 1. The Balaban J connectivity index is 1.66. The van der Waals surface area contributed by atoms with Crippen molar-refractivity contribution in [3.05, 3.63) is 59.4 Å². The van der Waals surface area contributed by atoms with Gasteiger partial charge in [-0.2, -0.15) is 5.26 Å². The van der Waals surface area contributed by atoms with E-state index in [0.29, 0.717) is 30.3 Å². The van der Waals surface area contributed by atoms with Gasteiger partial charge in [0.15, 0.2) is 0 Å². The molecule has 2 aromatic rings. The van der Waals surface area contributed by atoms with Crippen molar-refractivity contribution in [1.29, 1.82) is 5.26 Å². The fraction of sp³-hybridized carbons (Fsp3) is 0.316. The molecule has 1 amide bonds. The van der Waals surface area contributed by atoms with Gasteiger partial charge in [0.2, 0.25) is 0 Å². The molecule has 0 bridgehead atoms. The number of hydrogen-bond donors (Lipinski definition) is 0. The summed E-state index contributed by atoms with van der Waals surface area (Å²) in [6, 6.07) is 13.3. The first-order valence-electron chi connectivity index (χ1n) is 8.01. The van der Waals surface area contributed by atoms with Gasteiger partial charge in [-0.1, -0.05) is 18.2 Å². The number of ether oxygens (including phenoxy) is 1. The molecule has 0 saturated carbocycles. The highest BCUT2D eigenvalue weighted by molar-refractivity contribution is 5.94. The summed E-state index contributed by atoms with van der Waals surface area (Å²) < 4.78 is 5.45. The van der Waals surface area contributed by atoms with Gasteiger partial charge >= 0.3 is 0 Å². The van der Waals surface area contributed by atoms with E-state index in [1.165, 1.54) is 11.8 Å². The molecule has 1 saturated heterocycles. The van der Waals surface area contributed by atoms with Gasteiger partial charge < -0.3 is 9.64 Å². The second-order valence-corrected chi connectivity index (χ2v) is 5.85. The van der Waals surface area contributed by atoms with Gasteiger partial charge in [-0.3, -0.25) is 4.79 Å². The molecule has 1 aromatic carbocycles. The Morgan fingerprint density at radius 3 is 2.62 bits per heavy atom. The van der Waals surface area contributed by atoms with Crippen LogP contribution in [0.5, 0.6) is 5.75 Å². The number of rotatable bonds is 3. The summed E-state index contributed by atoms with van der Waals surface area (Å²) in [5, 5.41) is 8.78. The first-order valence-corrected chi connectivity index (χ1v) is 8.01. The highest BCUT2D eigenvalue weighted by Gasteiger charge is 2.26. The average molecular weight is 321 g/mol. The van der Waals surface area contributed by atoms with Crippen LogP contribution in [-0.4, -0.2) is 36.0 Å². The van der Waals surface area contributed by atoms with E-state index in [0.717, 1.165) is 18.6 Å². The quantitative estimate of drug-likeness (QED) is 0.871. The lowest BCUT2D eigenvalue weighted by molar-refractivity contribution is 0.0712. The molecule has 0 spiro atoms. The van der Waals surface area contributed by atoms with Gasteiger partial charge in [-0.05, 0) is 42.5 Å². The molecule has 0 N–H and O–H groups in total. The maximum Gasteiger partial charge on any atom is 0.255 e. The number of pyridine rings is 1. The zero-order valence-electron chi connectivity index (χ0n) is 13.6. The van der Waals surface area contributed by atoms with E-state index in [2.05, 4.69) is 11.1 Å². The third kappa shape index (κ3) is 3.23. The number of hydrogen-bond acceptors (Lipinski definition) is 4. The summed E-state index contributed by atoms with van der Waals surface area (Å²) in [6.07, 6.45) is 3.30. The maximum absolute atomic E-state index is 12.5. The molecule has 1 aliphatic heterocycles. The second kappa shape index (κ2) is 7.14. The van der Waals surface area contributed by atoms with Crippen LogP contribution in [-0.2, 0) is 0 Å². The molecule has 2 heterocycles. The van der Waals surface area contributed by atoms with Crippen LogP contribution >= 0.6 is 0 Å². The second-order valence-electron chi connectivity index (χ2n) is 5.85. The van der Waals surface area contributed by atoms with Crippen molar-refractivity contribution in [1.82, 2.24) is 9.88 Å². The van der Waals surface area contributed by atoms with Gasteiger partial charge in [0.05, 0.1) is 12.7 Å². The largest absolute Gasteiger partial charge is 0.496 e. The molecule has 0 radical (unpaired) electrons. The van der Waals surface area contributed by atoms with Gasteiger partial charge in [0.1, 0.15) is 17.5 Å². The Hall–Kier alpha value is -2.87. The van der Waals surface area contributed by atoms with Crippen molar-refractivity contribution in [3.63, 3.8) is 0 Å². The van der Waals surface area contributed by atoms with E-state index in [1.807, 2.05) is 29.2 Å². The third-order valence-corrected chi connectivity index (χ3v) is 4.49. The summed E-state index contributed by atoms with van der Waals surface area (Å²) >= 11 is 0. The fourth-order valence-electron chi connectivity index (χ4n) is 3.17. The standard InChI is InChI=1S/C19H19N3O2/c1-24-18-5-3-2-4-17(18)14-8-10-22(11-9-14)19(23)15-6-7-16(12-20)21-13-15/h2-7,13-14H,8-11H2,1H3. The highest BCUT2D eigenvalue weighted by atomic mass is 16.5. The van der Waals surface area contributed by atoms with Crippen molar-refractivity contribution >= 4 is 5.91 Å². The number of benzene rings is 1. The zero-order chi connectivity index (χ0) is 16.9. The number of piperidine rings is 1. The van der Waals surface area contributed by atoms with E-state index in [4.69, 9.17) is 10.00 Å². The summed E-state index contributed by atoms with van der Waals surface area (Å²) in [4.78, 5) is 18.4. The lowest BCUT2D eigenvalue weighted by Gasteiger charge is -2.32.